The molecule has 2 aliphatic rings. The molecule has 0 aromatic carbocycles. The highest BCUT2D eigenvalue weighted by atomic mass is 16.5. The number of ether oxygens (including phenoxy) is 1. The highest BCUT2D eigenvalue weighted by Crippen LogP contribution is 2.53. The van der Waals surface area contributed by atoms with Crippen molar-refractivity contribution in [1.29, 1.82) is 0 Å². The Morgan fingerprint density at radius 1 is 1.58 bits per heavy atom. The van der Waals surface area contributed by atoms with E-state index < -0.39 is 0 Å². The van der Waals surface area contributed by atoms with Crippen LogP contribution in [0, 0.1) is 17.3 Å². The van der Waals surface area contributed by atoms with Crippen molar-refractivity contribution < 1.29 is 14.6 Å². The second-order valence-corrected chi connectivity index (χ2v) is 6.38. The van der Waals surface area contributed by atoms with Gasteiger partial charge >= 0.3 is 5.97 Å². The minimum absolute atomic E-state index is 0.158. The number of fused-ring (bicyclic) bond motifs is 1. The van der Waals surface area contributed by atoms with Crippen LogP contribution < -0.4 is 0 Å². The fourth-order valence-electron chi connectivity index (χ4n) is 3.92. The second kappa shape index (κ2) is 5.12. The molecule has 106 valence electrons. The van der Waals surface area contributed by atoms with Crippen LogP contribution in [0.2, 0.25) is 0 Å². The molecule has 0 aromatic heterocycles. The lowest BCUT2D eigenvalue weighted by atomic mass is 9.57. The van der Waals surface area contributed by atoms with E-state index in [-0.39, 0.29) is 23.4 Å². The molecule has 1 N–H and O–H groups in total. The van der Waals surface area contributed by atoms with Crippen LogP contribution in [0.25, 0.3) is 0 Å². The van der Waals surface area contributed by atoms with Crippen molar-refractivity contribution in [3.63, 3.8) is 0 Å². The van der Waals surface area contributed by atoms with Crippen LogP contribution in [0.5, 0.6) is 0 Å². The van der Waals surface area contributed by atoms with Crippen LogP contribution in [0.3, 0.4) is 0 Å². The van der Waals surface area contributed by atoms with Gasteiger partial charge in [0.2, 0.25) is 0 Å². The number of allylic oxidation sites excluding steroid dienone is 1. The summed E-state index contributed by atoms with van der Waals surface area (Å²) in [4.78, 5) is 11.6. The highest BCUT2D eigenvalue weighted by molar-refractivity contribution is 5.88. The third kappa shape index (κ3) is 2.62. The van der Waals surface area contributed by atoms with Gasteiger partial charge in [-0.3, -0.25) is 0 Å². The molecule has 0 saturated heterocycles. The first-order chi connectivity index (χ1) is 8.87. The third-order valence-electron chi connectivity index (χ3n) is 5.05. The molecular weight excluding hydrogens is 240 g/mol. The molecule has 0 bridgehead atoms. The molecule has 0 spiro atoms. The molecule has 0 heterocycles. The standard InChI is InChI=1S/C16H24O3/c1-10-7-13(17)9-16(3)6-5-12(8-14(10)16)11(2)15(18)19-4/h7,12-14,17H,2,5-6,8-9H2,1,3-4H3/t12-,13+,14+,16+/m1/s1. The lowest BCUT2D eigenvalue weighted by Gasteiger charge is -2.48. The Bertz CT molecular complexity index is 424. The zero-order valence-corrected chi connectivity index (χ0v) is 12.1. The molecule has 0 radical (unpaired) electrons. The maximum absolute atomic E-state index is 11.6. The van der Waals surface area contributed by atoms with Crippen molar-refractivity contribution in [2.24, 2.45) is 17.3 Å². The summed E-state index contributed by atoms with van der Waals surface area (Å²) in [5.41, 5.74) is 2.01. The molecule has 3 nitrogen and oxygen atoms in total. The van der Waals surface area contributed by atoms with Crippen LogP contribution >= 0.6 is 0 Å². The number of aliphatic hydroxyl groups is 1. The SMILES string of the molecule is C=C(C(=O)OC)[C@@H]1CC[C@@]2(C)C[C@@H](O)C=C(C)[C@@H]2C1. The van der Waals surface area contributed by atoms with Crippen LogP contribution in [0.4, 0.5) is 0 Å². The average molecular weight is 264 g/mol. The van der Waals surface area contributed by atoms with Gasteiger partial charge in [-0.2, -0.15) is 0 Å². The number of carbonyl (C=O) groups is 1. The Morgan fingerprint density at radius 2 is 2.26 bits per heavy atom. The summed E-state index contributed by atoms with van der Waals surface area (Å²) in [5, 5.41) is 9.92. The van der Waals surface area contributed by atoms with Gasteiger partial charge in [0.15, 0.2) is 0 Å². The first-order valence-corrected chi connectivity index (χ1v) is 7.01. The van der Waals surface area contributed by atoms with Crippen molar-refractivity contribution in [2.45, 2.75) is 45.6 Å². The lowest BCUT2D eigenvalue weighted by molar-refractivity contribution is -0.137. The molecule has 2 rings (SSSR count). The number of carbonyl (C=O) groups excluding carboxylic acids is 1. The van der Waals surface area contributed by atoms with Crippen LogP contribution in [-0.4, -0.2) is 24.3 Å². The Balaban J connectivity index is 2.16. The van der Waals surface area contributed by atoms with E-state index in [0.717, 1.165) is 25.7 Å². The summed E-state index contributed by atoms with van der Waals surface area (Å²) in [6, 6.07) is 0. The van der Waals surface area contributed by atoms with Gasteiger partial charge in [0.1, 0.15) is 0 Å². The predicted molar refractivity (Wildman–Crippen MR) is 74.5 cm³/mol. The fourth-order valence-corrected chi connectivity index (χ4v) is 3.92. The normalized spacial score (nSPS) is 38.1. The van der Waals surface area contributed by atoms with Crippen molar-refractivity contribution in [2.75, 3.05) is 7.11 Å². The molecule has 1 saturated carbocycles. The van der Waals surface area contributed by atoms with E-state index in [4.69, 9.17) is 4.74 Å². The smallest absolute Gasteiger partial charge is 0.333 e. The van der Waals surface area contributed by atoms with Crippen LogP contribution in [-0.2, 0) is 9.53 Å². The summed E-state index contributed by atoms with van der Waals surface area (Å²) < 4.78 is 4.78. The van der Waals surface area contributed by atoms with E-state index in [2.05, 4.69) is 20.4 Å². The van der Waals surface area contributed by atoms with Gasteiger partial charge in [0.05, 0.1) is 13.2 Å². The van der Waals surface area contributed by atoms with Crippen molar-refractivity contribution in [3.05, 3.63) is 23.8 Å². The van der Waals surface area contributed by atoms with E-state index in [1.165, 1.54) is 12.7 Å². The average Bonchev–Trinajstić information content (AvgIpc) is 2.35. The van der Waals surface area contributed by atoms with Gasteiger partial charge in [0, 0.05) is 5.57 Å². The van der Waals surface area contributed by atoms with Gasteiger partial charge in [-0.05, 0) is 49.9 Å². The van der Waals surface area contributed by atoms with E-state index in [9.17, 15) is 9.90 Å². The number of hydrogen-bond donors (Lipinski definition) is 1. The third-order valence-corrected chi connectivity index (χ3v) is 5.05. The quantitative estimate of drug-likeness (QED) is 0.474. The van der Waals surface area contributed by atoms with Crippen LogP contribution in [0.1, 0.15) is 39.5 Å². The topological polar surface area (TPSA) is 46.5 Å². The summed E-state index contributed by atoms with van der Waals surface area (Å²) >= 11 is 0. The predicted octanol–water partition coefficient (Wildman–Crippen LogP) is 2.85. The molecule has 0 aliphatic heterocycles. The van der Waals surface area contributed by atoms with E-state index in [1.54, 1.807) is 0 Å². The van der Waals surface area contributed by atoms with Crippen LogP contribution in [0.15, 0.2) is 23.8 Å². The minimum Gasteiger partial charge on any atom is -0.466 e. The van der Waals surface area contributed by atoms with Gasteiger partial charge in [-0.1, -0.05) is 25.2 Å². The molecule has 0 aromatic rings. The molecule has 19 heavy (non-hydrogen) atoms. The monoisotopic (exact) mass is 264 g/mol. The molecule has 0 amide bonds. The molecule has 2 aliphatic carbocycles. The number of methoxy groups -OCH3 is 1. The number of esters is 1. The summed E-state index contributed by atoms with van der Waals surface area (Å²) in [6.07, 6.45) is 5.41. The Hall–Kier alpha value is -1.09. The van der Waals surface area contributed by atoms with Gasteiger partial charge in [-0.25, -0.2) is 4.79 Å². The molecule has 1 fully saturated rings. The molecule has 4 atom stereocenters. The lowest BCUT2D eigenvalue weighted by Crippen LogP contribution is -2.41. The molecule has 3 heteroatoms. The van der Waals surface area contributed by atoms with Crippen molar-refractivity contribution in [1.82, 2.24) is 0 Å². The first-order valence-electron chi connectivity index (χ1n) is 7.01. The van der Waals surface area contributed by atoms with Crippen molar-refractivity contribution in [3.8, 4) is 0 Å². The maximum atomic E-state index is 11.6. The molecular formula is C16H24O3. The number of hydrogen-bond acceptors (Lipinski definition) is 3. The number of rotatable bonds is 2. The largest absolute Gasteiger partial charge is 0.466 e. The van der Waals surface area contributed by atoms with E-state index in [1.807, 2.05) is 6.08 Å². The van der Waals surface area contributed by atoms with Gasteiger partial charge in [0.25, 0.3) is 0 Å². The molecule has 0 unspecified atom stereocenters. The minimum atomic E-state index is -0.318. The summed E-state index contributed by atoms with van der Waals surface area (Å²) in [7, 11) is 1.41. The summed E-state index contributed by atoms with van der Waals surface area (Å²) in [6.45, 7) is 8.26. The summed E-state index contributed by atoms with van der Waals surface area (Å²) in [5.74, 6) is 0.367. The van der Waals surface area contributed by atoms with Gasteiger partial charge in [-0.15, -0.1) is 0 Å². The number of aliphatic hydroxyl groups excluding tert-OH is 1. The van der Waals surface area contributed by atoms with E-state index >= 15 is 0 Å². The van der Waals surface area contributed by atoms with Crippen molar-refractivity contribution >= 4 is 5.97 Å². The zero-order chi connectivity index (χ0) is 14.2. The maximum Gasteiger partial charge on any atom is 0.333 e. The highest BCUT2D eigenvalue weighted by Gasteiger charge is 2.44. The Kier molecular flexibility index (Phi) is 3.86. The van der Waals surface area contributed by atoms with Gasteiger partial charge < -0.3 is 9.84 Å². The second-order valence-electron chi connectivity index (χ2n) is 6.38. The Labute approximate surface area is 115 Å². The first kappa shape index (κ1) is 14.3. The Morgan fingerprint density at radius 3 is 2.89 bits per heavy atom. The fraction of sp³-hybridized carbons (Fsp3) is 0.688. The zero-order valence-electron chi connectivity index (χ0n) is 12.1. The van der Waals surface area contributed by atoms with E-state index in [0.29, 0.717) is 11.5 Å².